The van der Waals surface area contributed by atoms with Gasteiger partial charge in [-0.2, -0.15) is 0 Å². The van der Waals surface area contributed by atoms with Crippen LogP contribution in [0.4, 0.5) is 5.69 Å². The Kier molecular flexibility index (Phi) is 7.36. The molecule has 0 saturated carbocycles. The van der Waals surface area contributed by atoms with Crippen LogP contribution >= 0.6 is 0 Å². The fraction of sp³-hybridized carbons (Fsp3) is 0.286. The summed E-state index contributed by atoms with van der Waals surface area (Å²) >= 11 is 0. The van der Waals surface area contributed by atoms with Crippen molar-refractivity contribution in [2.24, 2.45) is 7.05 Å². The van der Waals surface area contributed by atoms with E-state index in [2.05, 4.69) is 29.4 Å². The molecule has 4 rings (SSSR count). The molecule has 2 amide bonds. The third-order valence-corrected chi connectivity index (χ3v) is 6.52. The molecule has 0 atom stereocenters. The maximum Gasteiger partial charge on any atom is 0.267 e. The fourth-order valence-electron chi connectivity index (χ4n) is 4.40. The molecule has 2 aromatic carbocycles. The van der Waals surface area contributed by atoms with Gasteiger partial charge in [0.1, 0.15) is 11.4 Å². The first-order valence-corrected chi connectivity index (χ1v) is 11.9. The largest absolute Gasteiger partial charge is 0.497 e. The van der Waals surface area contributed by atoms with Crippen molar-refractivity contribution >= 4 is 29.2 Å². The number of benzene rings is 2. The van der Waals surface area contributed by atoms with Gasteiger partial charge in [-0.25, -0.2) is 0 Å². The molecule has 2 heterocycles. The van der Waals surface area contributed by atoms with Gasteiger partial charge in [0.05, 0.1) is 12.7 Å². The van der Waals surface area contributed by atoms with Gasteiger partial charge in [-0.3, -0.25) is 9.59 Å². The molecule has 0 aliphatic carbocycles. The zero-order chi connectivity index (χ0) is 24.9. The number of likely N-dealkylation sites (N-methyl/N-ethyl adjacent to an activating group) is 1. The highest BCUT2D eigenvalue weighted by Crippen LogP contribution is 2.40. The summed E-state index contributed by atoms with van der Waals surface area (Å²) in [6.45, 7) is 7.53. The summed E-state index contributed by atoms with van der Waals surface area (Å²) in [5, 5.41) is 5.97. The number of ether oxygens (including phenoxy) is 1. The van der Waals surface area contributed by atoms with Crippen molar-refractivity contribution in [3.63, 3.8) is 0 Å². The number of rotatable bonds is 9. The zero-order valence-electron chi connectivity index (χ0n) is 20.7. The monoisotopic (exact) mass is 472 g/mol. The van der Waals surface area contributed by atoms with Gasteiger partial charge >= 0.3 is 0 Å². The minimum Gasteiger partial charge on any atom is -0.497 e. The van der Waals surface area contributed by atoms with Gasteiger partial charge < -0.3 is 24.8 Å². The molecule has 0 saturated heterocycles. The average molecular weight is 473 g/mol. The van der Waals surface area contributed by atoms with E-state index in [1.165, 1.54) is 0 Å². The predicted octanol–water partition coefficient (Wildman–Crippen LogP) is 4.27. The quantitative estimate of drug-likeness (QED) is 0.456. The molecule has 0 fully saturated rings. The van der Waals surface area contributed by atoms with Gasteiger partial charge in [-0.1, -0.05) is 38.1 Å². The van der Waals surface area contributed by atoms with Crippen LogP contribution in [0.15, 0.2) is 54.6 Å². The van der Waals surface area contributed by atoms with Crippen molar-refractivity contribution in [3.05, 3.63) is 71.5 Å². The van der Waals surface area contributed by atoms with E-state index in [1.54, 1.807) is 13.2 Å². The molecule has 1 aliphatic rings. The Morgan fingerprint density at radius 3 is 2.51 bits per heavy atom. The standard InChI is InChI=1S/C28H32N4O3/c1-5-32(6-2)17-16-29-28(34)25-15-12-20(31(25)3)18-23-26-22(8-7-9-24(26)30-27(23)33)19-10-13-21(35-4)14-11-19/h7-15,18H,5-6,16-17H2,1-4H3,(H,29,34)(H,30,33). The molecule has 0 radical (unpaired) electrons. The number of hydrogen-bond acceptors (Lipinski definition) is 4. The average Bonchev–Trinajstić information content (AvgIpc) is 3.40. The van der Waals surface area contributed by atoms with Gasteiger partial charge in [0.25, 0.3) is 11.8 Å². The third-order valence-electron chi connectivity index (χ3n) is 6.52. The molecule has 35 heavy (non-hydrogen) atoms. The number of nitrogens with one attached hydrogen (secondary N) is 2. The highest BCUT2D eigenvalue weighted by molar-refractivity contribution is 6.36. The van der Waals surface area contributed by atoms with E-state index >= 15 is 0 Å². The molecular formula is C28H32N4O3. The van der Waals surface area contributed by atoms with Gasteiger partial charge in [-0.15, -0.1) is 0 Å². The number of aromatic nitrogens is 1. The lowest BCUT2D eigenvalue weighted by Gasteiger charge is -2.18. The SMILES string of the molecule is CCN(CC)CCNC(=O)c1ccc(C=C2C(=O)Nc3cccc(-c4ccc(OC)cc4)c32)n1C. The number of amides is 2. The van der Waals surface area contributed by atoms with Crippen molar-refractivity contribution in [1.29, 1.82) is 0 Å². The highest BCUT2D eigenvalue weighted by Gasteiger charge is 2.28. The van der Waals surface area contributed by atoms with E-state index in [4.69, 9.17) is 4.74 Å². The molecule has 182 valence electrons. The lowest BCUT2D eigenvalue weighted by atomic mass is 9.94. The number of anilines is 1. The number of hydrogen-bond donors (Lipinski definition) is 2. The summed E-state index contributed by atoms with van der Waals surface area (Å²) < 4.78 is 7.10. The van der Waals surface area contributed by atoms with Crippen molar-refractivity contribution in [2.45, 2.75) is 13.8 Å². The Morgan fingerprint density at radius 2 is 1.83 bits per heavy atom. The smallest absolute Gasteiger partial charge is 0.267 e. The molecular weight excluding hydrogens is 440 g/mol. The van der Waals surface area contributed by atoms with Crippen LogP contribution in [0.5, 0.6) is 5.75 Å². The summed E-state index contributed by atoms with van der Waals surface area (Å²) in [5.74, 6) is 0.491. The summed E-state index contributed by atoms with van der Waals surface area (Å²) in [5.41, 5.74) is 5.48. The maximum atomic E-state index is 12.9. The maximum absolute atomic E-state index is 12.9. The predicted molar refractivity (Wildman–Crippen MR) is 140 cm³/mol. The molecule has 1 aromatic heterocycles. The molecule has 0 unspecified atom stereocenters. The Bertz CT molecular complexity index is 1250. The minimum atomic E-state index is -0.160. The molecule has 7 nitrogen and oxygen atoms in total. The van der Waals surface area contributed by atoms with Crippen molar-refractivity contribution in [2.75, 3.05) is 38.6 Å². The first kappa shape index (κ1) is 24.3. The van der Waals surface area contributed by atoms with Crippen LogP contribution in [0, 0.1) is 0 Å². The first-order chi connectivity index (χ1) is 17.0. The summed E-state index contributed by atoms with van der Waals surface area (Å²) in [7, 11) is 3.48. The van der Waals surface area contributed by atoms with Crippen LogP contribution in [0.1, 0.15) is 35.6 Å². The van der Waals surface area contributed by atoms with E-state index in [-0.39, 0.29) is 11.8 Å². The summed E-state index contributed by atoms with van der Waals surface area (Å²) in [6, 6.07) is 17.3. The van der Waals surface area contributed by atoms with Crippen LogP contribution < -0.4 is 15.4 Å². The second kappa shape index (κ2) is 10.6. The summed E-state index contributed by atoms with van der Waals surface area (Å²) in [4.78, 5) is 28.0. The number of fused-ring (bicyclic) bond motifs is 1. The van der Waals surface area contributed by atoms with E-state index in [0.717, 1.165) is 53.5 Å². The Morgan fingerprint density at radius 1 is 1.09 bits per heavy atom. The minimum absolute atomic E-state index is 0.125. The second-order valence-corrected chi connectivity index (χ2v) is 8.45. The van der Waals surface area contributed by atoms with Crippen LogP contribution in [0.25, 0.3) is 22.8 Å². The van der Waals surface area contributed by atoms with Gasteiger partial charge in [0.15, 0.2) is 0 Å². The van der Waals surface area contributed by atoms with Crippen molar-refractivity contribution in [3.8, 4) is 16.9 Å². The lowest BCUT2D eigenvalue weighted by molar-refractivity contribution is -0.110. The van der Waals surface area contributed by atoms with E-state index in [0.29, 0.717) is 17.8 Å². The van der Waals surface area contributed by atoms with E-state index < -0.39 is 0 Å². The van der Waals surface area contributed by atoms with Gasteiger partial charge in [0.2, 0.25) is 0 Å². The normalized spacial score (nSPS) is 13.7. The molecule has 7 heteroatoms. The Labute approximate surface area is 206 Å². The number of methoxy groups -OCH3 is 1. The molecule has 0 bridgehead atoms. The third kappa shape index (κ3) is 5.00. The van der Waals surface area contributed by atoms with Crippen LogP contribution in [-0.4, -0.2) is 54.6 Å². The second-order valence-electron chi connectivity index (χ2n) is 8.45. The van der Waals surface area contributed by atoms with E-state index in [9.17, 15) is 9.59 Å². The van der Waals surface area contributed by atoms with Crippen molar-refractivity contribution < 1.29 is 14.3 Å². The van der Waals surface area contributed by atoms with Crippen LogP contribution in [0.2, 0.25) is 0 Å². The molecule has 3 aromatic rings. The molecule has 0 spiro atoms. The first-order valence-electron chi connectivity index (χ1n) is 11.9. The summed E-state index contributed by atoms with van der Waals surface area (Å²) in [6.07, 6.45) is 1.85. The number of carbonyl (C=O) groups is 2. The fourth-order valence-corrected chi connectivity index (χ4v) is 4.40. The topological polar surface area (TPSA) is 75.6 Å². The van der Waals surface area contributed by atoms with E-state index in [1.807, 2.05) is 66.2 Å². The molecule has 2 N–H and O–H groups in total. The Hall–Kier alpha value is -3.84. The van der Waals surface area contributed by atoms with Gasteiger partial charge in [0, 0.05) is 37.1 Å². The number of carbonyl (C=O) groups excluding carboxylic acids is 2. The molecule has 1 aliphatic heterocycles. The van der Waals surface area contributed by atoms with Crippen LogP contribution in [0.3, 0.4) is 0 Å². The number of nitrogens with zero attached hydrogens (tertiary/aromatic N) is 2. The highest BCUT2D eigenvalue weighted by atomic mass is 16.5. The lowest BCUT2D eigenvalue weighted by Crippen LogP contribution is -2.35. The van der Waals surface area contributed by atoms with Gasteiger partial charge in [-0.05, 0) is 60.6 Å². The zero-order valence-corrected chi connectivity index (χ0v) is 20.7. The Balaban J connectivity index is 1.62. The van der Waals surface area contributed by atoms with Crippen LogP contribution in [-0.2, 0) is 11.8 Å². The van der Waals surface area contributed by atoms with Crippen molar-refractivity contribution in [1.82, 2.24) is 14.8 Å².